The molecular weight excluding hydrogens is 409 g/mol. The molecule has 0 aromatic heterocycles. The molecule has 1 aliphatic rings. The Morgan fingerprint density at radius 2 is 1.69 bits per heavy atom. The van der Waals surface area contributed by atoms with Crippen LogP contribution in [0.1, 0.15) is 48.0 Å². The van der Waals surface area contributed by atoms with Crippen molar-refractivity contribution in [2.24, 2.45) is 0 Å². The summed E-state index contributed by atoms with van der Waals surface area (Å²) in [7, 11) is 0. The van der Waals surface area contributed by atoms with E-state index in [0.29, 0.717) is 21.3 Å². The Hall–Kier alpha value is -2.24. The second-order valence-corrected chi connectivity index (χ2v) is 8.18. The van der Waals surface area contributed by atoms with Crippen molar-refractivity contribution < 1.29 is 9.59 Å². The van der Waals surface area contributed by atoms with Crippen molar-refractivity contribution in [3.8, 4) is 0 Å². The summed E-state index contributed by atoms with van der Waals surface area (Å²) in [6.07, 6.45) is 5.47. The van der Waals surface area contributed by atoms with Gasteiger partial charge in [-0.25, -0.2) is 0 Å². The van der Waals surface area contributed by atoms with E-state index >= 15 is 0 Å². The molecule has 154 valence electrons. The summed E-state index contributed by atoms with van der Waals surface area (Å²) in [5, 5.41) is 9.88. The van der Waals surface area contributed by atoms with Gasteiger partial charge in [-0.1, -0.05) is 48.5 Å². The van der Waals surface area contributed by atoms with Crippen LogP contribution in [-0.2, 0) is 4.79 Å². The standard InChI is InChI=1S/C22H25Cl2N3O2/c1-14-7-8-16(12-20(14)24)25-13-21(28)26-17-9-10-19(23)18(11-17)22(29)27-15-5-3-2-4-6-15/h7-12,15,25H,2-6,13H2,1H3,(H,26,28)(H,27,29). The maximum absolute atomic E-state index is 12.6. The van der Waals surface area contributed by atoms with E-state index in [-0.39, 0.29) is 24.4 Å². The first-order valence-corrected chi connectivity index (χ1v) is 10.6. The van der Waals surface area contributed by atoms with Gasteiger partial charge >= 0.3 is 0 Å². The monoisotopic (exact) mass is 433 g/mol. The van der Waals surface area contributed by atoms with E-state index in [1.165, 1.54) is 6.42 Å². The van der Waals surface area contributed by atoms with Gasteiger partial charge in [0.05, 0.1) is 17.1 Å². The summed E-state index contributed by atoms with van der Waals surface area (Å²) in [6, 6.07) is 10.6. The van der Waals surface area contributed by atoms with Crippen LogP contribution >= 0.6 is 23.2 Å². The van der Waals surface area contributed by atoms with Gasteiger partial charge in [0.1, 0.15) is 0 Å². The molecule has 7 heteroatoms. The number of anilines is 2. The van der Waals surface area contributed by atoms with Gasteiger partial charge in [-0.15, -0.1) is 0 Å². The molecule has 2 amide bonds. The average molecular weight is 434 g/mol. The summed E-state index contributed by atoms with van der Waals surface area (Å²) in [5.74, 6) is -0.437. The number of rotatable bonds is 6. The summed E-state index contributed by atoms with van der Waals surface area (Å²) < 4.78 is 0. The van der Waals surface area contributed by atoms with E-state index in [0.717, 1.165) is 36.9 Å². The van der Waals surface area contributed by atoms with Crippen molar-refractivity contribution in [3.63, 3.8) is 0 Å². The van der Waals surface area contributed by atoms with Crippen LogP contribution in [0, 0.1) is 6.92 Å². The SMILES string of the molecule is Cc1ccc(NCC(=O)Nc2ccc(Cl)c(C(=O)NC3CCCCC3)c2)cc1Cl. The highest BCUT2D eigenvalue weighted by atomic mass is 35.5. The van der Waals surface area contributed by atoms with Gasteiger partial charge in [-0.3, -0.25) is 9.59 Å². The Balaban J connectivity index is 1.58. The highest BCUT2D eigenvalue weighted by Crippen LogP contribution is 2.23. The lowest BCUT2D eigenvalue weighted by atomic mass is 9.95. The maximum atomic E-state index is 12.6. The zero-order valence-electron chi connectivity index (χ0n) is 16.4. The van der Waals surface area contributed by atoms with Crippen molar-refractivity contribution in [3.05, 3.63) is 57.6 Å². The fourth-order valence-corrected chi connectivity index (χ4v) is 3.76. The number of amides is 2. The van der Waals surface area contributed by atoms with Crippen molar-refractivity contribution in [1.29, 1.82) is 0 Å². The van der Waals surface area contributed by atoms with E-state index in [1.807, 2.05) is 19.1 Å². The van der Waals surface area contributed by atoms with Crippen LogP contribution in [0.4, 0.5) is 11.4 Å². The third-order valence-corrected chi connectivity index (χ3v) is 5.80. The first-order chi connectivity index (χ1) is 13.9. The van der Waals surface area contributed by atoms with Crippen molar-refractivity contribution in [2.45, 2.75) is 45.1 Å². The first-order valence-electron chi connectivity index (χ1n) is 9.82. The molecule has 2 aromatic carbocycles. The molecule has 0 heterocycles. The molecule has 2 aromatic rings. The molecule has 0 aliphatic heterocycles. The van der Waals surface area contributed by atoms with Crippen LogP contribution in [-0.4, -0.2) is 24.4 Å². The highest BCUT2D eigenvalue weighted by Gasteiger charge is 2.19. The lowest BCUT2D eigenvalue weighted by molar-refractivity contribution is -0.114. The number of halogens is 2. The number of carbonyl (C=O) groups excluding carboxylic acids is 2. The van der Waals surface area contributed by atoms with Gasteiger partial charge in [0, 0.05) is 22.4 Å². The molecule has 3 rings (SSSR count). The molecule has 0 spiro atoms. The Morgan fingerprint density at radius 1 is 0.966 bits per heavy atom. The molecule has 0 unspecified atom stereocenters. The van der Waals surface area contributed by atoms with Crippen molar-refractivity contribution >= 4 is 46.4 Å². The van der Waals surface area contributed by atoms with E-state index in [1.54, 1.807) is 24.3 Å². The number of aryl methyl sites for hydroxylation is 1. The van der Waals surface area contributed by atoms with Crippen LogP contribution < -0.4 is 16.0 Å². The molecule has 0 atom stereocenters. The van der Waals surface area contributed by atoms with E-state index in [4.69, 9.17) is 23.2 Å². The molecule has 0 bridgehead atoms. The van der Waals surface area contributed by atoms with Crippen LogP contribution in [0.2, 0.25) is 10.0 Å². The zero-order valence-corrected chi connectivity index (χ0v) is 17.9. The highest BCUT2D eigenvalue weighted by molar-refractivity contribution is 6.34. The molecule has 5 nitrogen and oxygen atoms in total. The third kappa shape index (κ3) is 6.12. The van der Waals surface area contributed by atoms with E-state index in [9.17, 15) is 9.59 Å². The zero-order chi connectivity index (χ0) is 20.8. The molecule has 1 fully saturated rings. The molecule has 1 aliphatic carbocycles. The van der Waals surface area contributed by atoms with Gasteiger partial charge in [0.25, 0.3) is 5.91 Å². The van der Waals surface area contributed by atoms with Gasteiger partial charge in [0.2, 0.25) is 5.91 Å². The predicted octanol–water partition coefficient (Wildman–Crippen LogP) is 5.41. The Bertz CT molecular complexity index is 896. The fourth-order valence-electron chi connectivity index (χ4n) is 3.38. The Labute approximate surface area is 181 Å². The lowest BCUT2D eigenvalue weighted by Gasteiger charge is -2.23. The average Bonchev–Trinajstić information content (AvgIpc) is 2.71. The quantitative estimate of drug-likeness (QED) is 0.569. The van der Waals surface area contributed by atoms with Gasteiger partial charge < -0.3 is 16.0 Å². The van der Waals surface area contributed by atoms with Crippen LogP contribution in [0.3, 0.4) is 0 Å². The summed E-state index contributed by atoms with van der Waals surface area (Å²) in [6.45, 7) is 1.99. The topological polar surface area (TPSA) is 70.2 Å². The summed E-state index contributed by atoms with van der Waals surface area (Å²) in [5.41, 5.74) is 2.63. The van der Waals surface area contributed by atoms with Crippen molar-refractivity contribution in [2.75, 3.05) is 17.2 Å². The van der Waals surface area contributed by atoms with Crippen LogP contribution in [0.15, 0.2) is 36.4 Å². The molecule has 29 heavy (non-hydrogen) atoms. The Morgan fingerprint density at radius 3 is 2.41 bits per heavy atom. The van der Waals surface area contributed by atoms with Crippen LogP contribution in [0.25, 0.3) is 0 Å². The lowest BCUT2D eigenvalue weighted by Crippen LogP contribution is -2.36. The number of nitrogens with one attached hydrogen (secondary N) is 3. The van der Waals surface area contributed by atoms with E-state index < -0.39 is 0 Å². The van der Waals surface area contributed by atoms with Gasteiger partial charge in [-0.05, 0) is 55.7 Å². The number of hydrogen-bond acceptors (Lipinski definition) is 3. The molecule has 1 saturated carbocycles. The van der Waals surface area contributed by atoms with Gasteiger partial charge in [0.15, 0.2) is 0 Å². The van der Waals surface area contributed by atoms with Gasteiger partial charge in [-0.2, -0.15) is 0 Å². The second-order valence-electron chi connectivity index (χ2n) is 7.37. The smallest absolute Gasteiger partial charge is 0.253 e. The number of carbonyl (C=O) groups is 2. The minimum atomic E-state index is -0.234. The normalized spacial score (nSPS) is 14.3. The summed E-state index contributed by atoms with van der Waals surface area (Å²) in [4.78, 5) is 24.9. The van der Waals surface area contributed by atoms with E-state index in [2.05, 4.69) is 16.0 Å². The van der Waals surface area contributed by atoms with Crippen molar-refractivity contribution in [1.82, 2.24) is 5.32 Å². The fraction of sp³-hybridized carbons (Fsp3) is 0.364. The first kappa shape index (κ1) is 21.5. The minimum Gasteiger partial charge on any atom is -0.376 e. The number of benzene rings is 2. The molecule has 0 saturated heterocycles. The molecule has 3 N–H and O–H groups in total. The van der Waals surface area contributed by atoms with Crippen LogP contribution in [0.5, 0.6) is 0 Å². The molecule has 0 radical (unpaired) electrons. The summed E-state index contributed by atoms with van der Waals surface area (Å²) >= 11 is 12.3. The minimum absolute atomic E-state index is 0.0750. The number of hydrogen-bond donors (Lipinski definition) is 3. The third-order valence-electron chi connectivity index (χ3n) is 5.06. The largest absolute Gasteiger partial charge is 0.376 e. The molecular formula is C22H25Cl2N3O2. The maximum Gasteiger partial charge on any atom is 0.253 e. The second kappa shape index (κ2) is 9.99. The Kier molecular flexibility index (Phi) is 7.40. The predicted molar refractivity (Wildman–Crippen MR) is 119 cm³/mol.